The lowest BCUT2D eigenvalue weighted by Gasteiger charge is -2.26. The van der Waals surface area contributed by atoms with E-state index in [0.29, 0.717) is 32.9 Å². The maximum Gasteiger partial charge on any atom is 0.303 e. The number of benzene rings is 2. The van der Waals surface area contributed by atoms with Crippen molar-refractivity contribution in [1.82, 2.24) is 4.68 Å². The summed E-state index contributed by atoms with van der Waals surface area (Å²) < 4.78 is 7.22. The normalized spacial score (nSPS) is 14.7. The molecule has 0 radical (unpaired) electrons. The van der Waals surface area contributed by atoms with Crippen LogP contribution < -0.4 is 15.5 Å². The summed E-state index contributed by atoms with van der Waals surface area (Å²) in [5.41, 5.74) is 5.23. The van der Waals surface area contributed by atoms with Gasteiger partial charge in [-0.15, -0.1) is 0 Å². The summed E-state index contributed by atoms with van der Waals surface area (Å²) in [6, 6.07) is 15.4. The highest BCUT2D eigenvalue weighted by atomic mass is 35.5. The van der Waals surface area contributed by atoms with Crippen LogP contribution in [0, 0.1) is 0 Å². The topological polar surface area (TPSA) is 110 Å². The summed E-state index contributed by atoms with van der Waals surface area (Å²) in [4.78, 5) is 36.4. The van der Waals surface area contributed by atoms with Gasteiger partial charge in [-0.2, -0.15) is 0 Å². The number of anilines is 1. The second kappa shape index (κ2) is 9.56. The highest BCUT2D eigenvalue weighted by molar-refractivity contribution is 6.31. The van der Waals surface area contributed by atoms with Gasteiger partial charge in [-0.25, -0.2) is 0 Å². The quantitative estimate of drug-likeness (QED) is 0.459. The standard InChI is InChI=1S/C23H19Cl2N3O5/c24-14-3-1-13(2-4-14)18-8-6-16(7-10-22(30)31)28(18)27-21(29)12-20-23(32)26-17-11-15(25)5-9-19(17)33-20/h1-6,8-9,11,20H,7,10,12H2,(H,26,32)(H,27,29)(H,30,31)/t20-/m0/s1. The number of carbonyl (C=O) groups is 3. The van der Waals surface area contributed by atoms with E-state index < -0.39 is 23.9 Å². The van der Waals surface area contributed by atoms with Crippen LogP contribution in [0.5, 0.6) is 5.75 Å². The van der Waals surface area contributed by atoms with Crippen molar-refractivity contribution >= 4 is 46.7 Å². The van der Waals surface area contributed by atoms with Crippen LogP contribution in [-0.2, 0) is 20.8 Å². The molecule has 170 valence electrons. The summed E-state index contributed by atoms with van der Waals surface area (Å²) in [5.74, 6) is -1.47. The van der Waals surface area contributed by atoms with Crippen molar-refractivity contribution in [3.8, 4) is 17.0 Å². The Morgan fingerprint density at radius 1 is 1.06 bits per heavy atom. The Labute approximate surface area is 199 Å². The van der Waals surface area contributed by atoms with Crippen LogP contribution in [0.3, 0.4) is 0 Å². The molecule has 4 rings (SSSR count). The van der Waals surface area contributed by atoms with Gasteiger partial charge in [0.1, 0.15) is 5.75 Å². The summed E-state index contributed by atoms with van der Waals surface area (Å²) in [6.45, 7) is 0. The number of hydrogen-bond acceptors (Lipinski definition) is 4. The average molecular weight is 488 g/mol. The van der Waals surface area contributed by atoms with Gasteiger partial charge in [-0.1, -0.05) is 35.3 Å². The molecule has 8 nitrogen and oxygen atoms in total. The molecule has 2 aromatic carbocycles. The van der Waals surface area contributed by atoms with Crippen LogP contribution in [0.25, 0.3) is 11.3 Å². The van der Waals surface area contributed by atoms with E-state index in [0.717, 1.165) is 5.56 Å². The number of carboxylic acids is 1. The van der Waals surface area contributed by atoms with Gasteiger partial charge >= 0.3 is 5.97 Å². The zero-order valence-corrected chi connectivity index (χ0v) is 18.7. The molecule has 1 aliphatic rings. The third kappa shape index (κ3) is 5.30. The minimum Gasteiger partial charge on any atom is -0.481 e. The van der Waals surface area contributed by atoms with E-state index in [1.54, 1.807) is 54.6 Å². The van der Waals surface area contributed by atoms with E-state index in [4.69, 9.17) is 33.0 Å². The van der Waals surface area contributed by atoms with Gasteiger partial charge < -0.3 is 15.2 Å². The third-order valence-electron chi connectivity index (χ3n) is 5.07. The number of aryl methyl sites for hydroxylation is 1. The molecule has 0 aliphatic carbocycles. The Morgan fingerprint density at radius 3 is 2.52 bits per heavy atom. The van der Waals surface area contributed by atoms with Crippen molar-refractivity contribution in [1.29, 1.82) is 0 Å². The molecule has 0 unspecified atom stereocenters. The molecule has 0 saturated heterocycles. The second-order valence-electron chi connectivity index (χ2n) is 7.42. The molecule has 3 N–H and O–H groups in total. The summed E-state index contributed by atoms with van der Waals surface area (Å²) >= 11 is 11.9. The first-order valence-corrected chi connectivity index (χ1v) is 10.8. The monoisotopic (exact) mass is 487 g/mol. The Kier molecular flexibility index (Phi) is 6.57. The molecule has 33 heavy (non-hydrogen) atoms. The smallest absolute Gasteiger partial charge is 0.303 e. The highest BCUT2D eigenvalue weighted by Gasteiger charge is 2.30. The lowest BCUT2D eigenvalue weighted by Crippen LogP contribution is -2.40. The molecule has 10 heteroatoms. The highest BCUT2D eigenvalue weighted by Crippen LogP contribution is 2.32. The molecule has 0 bridgehead atoms. The predicted octanol–water partition coefficient (Wildman–Crippen LogP) is 4.34. The maximum atomic E-state index is 12.9. The van der Waals surface area contributed by atoms with Gasteiger partial charge in [0.2, 0.25) is 5.91 Å². The van der Waals surface area contributed by atoms with Crippen LogP contribution in [-0.4, -0.2) is 33.7 Å². The van der Waals surface area contributed by atoms with Gasteiger partial charge in [-0.05, 0) is 42.5 Å². The molecule has 1 atom stereocenters. The van der Waals surface area contributed by atoms with E-state index in [2.05, 4.69) is 10.7 Å². The van der Waals surface area contributed by atoms with Crippen molar-refractivity contribution in [3.05, 3.63) is 70.3 Å². The van der Waals surface area contributed by atoms with Crippen LogP contribution in [0.4, 0.5) is 5.69 Å². The van der Waals surface area contributed by atoms with E-state index in [-0.39, 0.29) is 19.3 Å². The zero-order chi connectivity index (χ0) is 23.5. The van der Waals surface area contributed by atoms with Gasteiger partial charge in [0.25, 0.3) is 5.91 Å². The molecular formula is C23H19Cl2N3O5. The number of aliphatic carboxylic acids is 1. The van der Waals surface area contributed by atoms with Crippen LogP contribution in [0.15, 0.2) is 54.6 Å². The number of rotatable bonds is 7. The Bertz CT molecular complexity index is 1220. The van der Waals surface area contributed by atoms with Crippen LogP contribution in [0.1, 0.15) is 18.5 Å². The number of carboxylic acid groups (broad SMARTS) is 1. The summed E-state index contributed by atoms with van der Waals surface area (Å²) in [7, 11) is 0. The number of nitrogens with one attached hydrogen (secondary N) is 2. The number of nitrogens with zero attached hydrogens (tertiary/aromatic N) is 1. The fourth-order valence-electron chi connectivity index (χ4n) is 3.48. The molecule has 2 amide bonds. The SMILES string of the molecule is O=C(O)CCc1ccc(-c2ccc(Cl)cc2)n1NC(=O)C[C@@H]1Oc2ccc(Cl)cc2NC1=O. The predicted molar refractivity (Wildman–Crippen MR) is 124 cm³/mol. The minimum atomic E-state index is -1.03. The molecule has 1 aliphatic heterocycles. The number of aromatic nitrogens is 1. The number of ether oxygens (including phenoxy) is 1. The second-order valence-corrected chi connectivity index (χ2v) is 8.29. The Morgan fingerprint density at radius 2 is 1.79 bits per heavy atom. The van der Waals surface area contributed by atoms with Crippen molar-refractivity contribution < 1.29 is 24.2 Å². The van der Waals surface area contributed by atoms with Gasteiger partial charge in [0, 0.05) is 27.7 Å². The lowest BCUT2D eigenvalue weighted by molar-refractivity contribution is -0.137. The minimum absolute atomic E-state index is 0.104. The number of fused-ring (bicyclic) bond motifs is 1. The van der Waals surface area contributed by atoms with Gasteiger partial charge in [-0.3, -0.25) is 24.5 Å². The molecule has 2 heterocycles. The average Bonchev–Trinajstić information content (AvgIpc) is 3.15. The fraction of sp³-hybridized carbons (Fsp3) is 0.174. The molecule has 0 spiro atoms. The summed E-state index contributed by atoms with van der Waals surface area (Å²) in [6.07, 6.45) is -1.17. The first kappa shape index (κ1) is 22.7. The van der Waals surface area contributed by atoms with Crippen molar-refractivity contribution in [2.75, 3.05) is 10.7 Å². The summed E-state index contributed by atoms with van der Waals surface area (Å²) in [5, 5.41) is 12.8. The number of carbonyl (C=O) groups excluding carboxylic acids is 2. The Hall–Kier alpha value is -3.49. The van der Waals surface area contributed by atoms with Gasteiger partial charge in [0.05, 0.1) is 24.2 Å². The molecule has 0 fully saturated rings. The van der Waals surface area contributed by atoms with E-state index in [9.17, 15) is 14.4 Å². The number of halogens is 2. The third-order valence-corrected chi connectivity index (χ3v) is 5.55. The van der Waals surface area contributed by atoms with Gasteiger partial charge in [0.15, 0.2) is 6.10 Å². The van der Waals surface area contributed by atoms with Crippen LogP contribution in [0.2, 0.25) is 10.0 Å². The molecule has 1 aromatic heterocycles. The molecule has 3 aromatic rings. The lowest BCUT2D eigenvalue weighted by atomic mass is 10.1. The van der Waals surface area contributed by atoms with E-state index in [1.165, 1.54) is 4.68 Å². The number of hydrogen-bond donors (Lipinski definition) is 3. The van der Waals surface area contributed by atoms with Crippen molar-refractivity contribution in [2.45, 2.75) is 25.4 Å². The molecular weight excluding hydrogens is 469 g/mol. The van der Waals surface area contributed by atoms with E-state index >= 15 is 0 Å². The van der Waals surface area contributed by atoms with Crippen LogP contribution >= 0.6 is 23.2 Å². The van der Waals surface area contributed by atoms with E-state index in [1.807, 2.05) is 0 Å². The van der Waals surface area contributed by atoms with Crippen molar-refractivity contribution in [3.63, 3.8) is 0 Å². The molecule has 0 saturated carbocycles. The fourth-order valence-corrected chi connectivity index (χ4v) is 3.78. The first-order chi connectivity index (χ1) is 15.8. The largest absolute Gasteiger partial charge is 0.481 e. The zero-order valence-electron chi connectivity index (χ0n) is 17.2. The maximum absolute atomic E-state index is 12.9. The van der Waals surface area contributed by atoms with Crippen molar-refractivity contribution in [2.24, 2.45) is 0 Å². The Balaban J connectivity index is 1.54. The number of amides is 2. The first-order valence-electron chi connectivity index (χ1n) is 10.1.